The number of H-pyrrole nitrogens is 1. The van der Waals surface area contributed by atoms with Crippen LogP contribution < -0.4 is 0 Å². The number of nitrogens with zero attached hydrogens (tertiary/aromatic N) is 5. The van der Waals surface area contributed by atoms with E-state index in [1.165, 1.54) is 6.07 Å². The van der Waals surface area contributed by atoms with Gasteiger partial charge in [-0.15, -0.1) is 0 Å². The van der Waals surface area contributed by atoms with Crippen molar-refractivity contribution < 1.29 is 13.2 Å². The first-order valence-corrected chi connectivity index (χ1v) is 9.35. The molecule has 1 spiro atoms. The summed E-state index contributed by atoms with van der Waals surface area (Å²) in [6, 6.07) is 4.74. The molecule has 1 aliphatic heterocycles. The summed E-state index contributed by atoms with van der Waals surface area (Å²) >= 11 is 0. The Hall–Kier alpha value is -3.23. The zero-order valence-electron chi connectivity index (χ0n) is 15.2. The van der Waals surface area contributed by atoms with E-state index < -0.39 is 17.2 Å². The molecule has 1 fully saturated rings. The molecule has 4 aromatic rings. The highest BCUT2D eigenvalue weighted by molar-refractivity contribution is 5.97. The number of nitrogens with one attached hydrogen (secondary N) is 1. The highest BCUT2D eigenvalue weighted by Crippen LogP contribution is 2.65. The van der Waals surface area contributed by atoms with Crippen LogP contribution in [-0.4, -0.2) is 35.9 Å². The molecule has 29 heavy (non-hydrogen) atoms. The number of pyridine rings is 2. The van der Waals surface area contributed by atoms with Crippen LogP contribution in [0.1, 0.15) is 18.5 Å². The lowest BCUT2D eigenvalue weighted by Gasteiger charge is -2.24. The Morgan fingerprint density at radius 1 is 1.10 bits per heavy atom. The topological polar surface area (TPSA) is 72.3 Å². The van der Waals surface area contributed by atoms with Crippen molar-refractivity contribution in [3.05, 3.63) is 48.3 Å². The molecule has 9 heteroatoms. The normalized spacial score (nSPS) is 22.2. The van der Waals surface area contributed by atoms with Crippen molar-refractivity contribution in [1.29, 1.82) is 0 Å². The molecule has 0 unspecified atom stereocenters. The van der Waals surface area contributed by atoms with Crippen LogP contribution in [0.15, 0.2) is 36.8 Å². The minimum atomic E-state index is -2.64. The summed E-state index contributed by atoms with van der Waals surface area (Å²) in [6.07, 6.45) is 5.29. The quantitative estimate of drug-likeness (QED) is 0.556. The molecule has 1 saturated carbocycles. The minimum absolute atomic E-state index is 0.0972. The molecule has 6 nitrogen and oxygen atoms in total. The monoisotopic (exact) mass is 396 g/mol. The van der Waals surface area contributed by atoms with Gasteiger partial charge >= 0.3 is 0 Å². The van der Waals surface area contributed by atoms with E-state index in [1.807, 2.05) is 6.07 Å². The van der Waals surface area contributed by atoms with Crippen LogP contribution in [0.5, 0.6) is 0 Å². The Morgan fingerprint density at radius 2 is 1.97 bits per heavy atom. The Kier molecular flexibility index (Phi) is 3.13. The number of fused-ring (bicyclic) bond motifs is 2. The predicted octanol–water partition coefficient (Wildman–Crippen LogP) is 3.99. The third-order valence-corrected chi connectivity index (χ3v) is 6.16. The second kappa shape index (κ2) is 5.43. The molecule has 1 N–H and O–H groups in total. The van der Waals surface area contributed by atoms with Gasteiger partial charge in [0.25, 0.3) is 5.92 Å². The average Bonchev–Trinajstić information content (AvgIpc) is 3.09. The maximum atomic E-state index is 14.0. The summed E-state index contributed by atoms with van der Waals surface area (Å²) in [5.41, 5.74) is 3.22. The zero-order valence-corrected chi connectivity index (χ0v) is 15.2. The van der Waals surface area contributed by atoms with Gasteiger partial charge in [-0.1, -0.05) is 0 Å². The van der Waals surface area contributed by atoms with Crippen LogP contribution in [0.3, 0.4) is 0 Å². The lowest BCUT2D eigenvalue weighted by molar-refractivity contribution is 0.0462. The molecule has 0 radical (unpaired) electrons. The molecule has 0 amide bonds. The molecule has 0 bridgehead atoms. The minimum Gasteiger partial charge on any atom is -0.267 e. The third-order valence-electron chi connectivity index (χ3n) is 6.16. The summed E-state index contributed by atoms with van der Waals surface area (Å²) in [7, 11) is 0. The second-order valence-electron chi connectivity index (χ2n) is 7.84. The Morgan fingerprint density at radius 3 is 2.72 bits per heavy atom. The van der Waals surface area contributed by atoms with E-state index in [-0.39, 0.29) is 13.0 Å². The van der Waals surface area contributed by atoms with Gasteiger partial charge in [-0.05, 0) is 36.6 Å². The van der Waals surface area contributed by atoms with Gasteiger partial charge in [-0.3, -0.25) is 14.8 Å². The molecule has 4 aromatic heterocycles. The predicted molar refractivity (Wildman–Crippen MR) is 98.6 cm³/mol. The van der Waals surface area contributed by atoms with Crippen LogP contribution >= 0.6 is 0 Å². The van der Waals surface area contributed by atoms with Crippen molar-refractivity contribution >= 4 is 11.0 Å². The summed E-state index contributed by atoms with van der Waals surface area (Å²) < 4.78 is 43.1. The van der Waals surface area contributed by atoms with Crippen molar-refractivity contribution in [3.8, 4) is 22.5 Å². The van der Waals surface area contributed by atoms with Gasteiger partial charge in [-0.25, -0.2) is 18.2 Å². The number of halogens is 3. The van der Waals surface area contributed by atoms with E-state index >= 15 is 0 Å². The number of aromatic nitrogens is 6. The lowest BCUT2D eigenvalue weighted by atomic mass is 9.90. The highest BCUT2D eigenvalue weighted by atomic mass is 19.3. The lowest BCUT2D eigenvalue weighted by Crippen LogP contribution is -2.27. The third kappa shape index (κ3) is 2.30. The van der Waals surface area contributed by atoms with Crippen molar-refractivity contribution in [2.24, 2.45) is 5.41 Å². The first-order chi connectivity index (χ1) is 14.0. The van der Waals surface area contributed by atoms with E-state index in [4.69, 9.17) is 0 Å². The molecular formula is C20H15F3N6. The molecule has 1 aliphatic carbocycles. The number of alkyl halides is 2. The van der Waals surface area contributed by atoms with Gasteiger partial charge in [0.1, 0.15) is 11.5 Å². The largest absolute Gasteiger partial charge is 0.267 e. The Bertz CT molecular complexity index is 1260. The standard InChI is InChI=1S/C20H15F3N6/c21-11-1-2-14(25-7-11)17-16(12-4-6-24-18-13(12)8-26-27-18)15-3-5-19(9-20(19,22)23)10-29(15)28-17/h1-2,4,6-8H,3,5,9-10H2,(H,24,26,27)/t19-/m1/s1. The first-order valence-electron chi connectivity index (χ1n) is 9.35. The summed E-state index contributed by atoms with van der Waals surface area (Å²) in [6.45, 7) is 0.170. The van der Waals surface area contributed by atoms with Gasteiger partial charge in [0, 0.05) is 29.3 Å². The summed E-state index contributed by atoms with van der Waals surface area (Å²) in [5.74, 6) is -3.09. The maximum Gasteiger partial charge on any atom is 0.256 e. The van der Waals surface area contributed by atoms with E-state index in [2.05, 4.69) is 25.3 Å². The van der Waals surface area contributed by atoms with Gasteiger partial charge in [0.2, 0.25) is 0 Å². The van der Waals surface area contributed by atoms with E-state index in [1.54, 1.807) is 23.1 Å². The summed E-state index contributed by atoms with van der Waals surface area (Å²) in [5, 5.41) is 12.4. The number of aromatic amines is 1. The molecule has 0 aromatic carbocycles. The van der Waals surface area contributed by atoms with Crippen LogP contribution in [0.2, 0.25) is 0 Å². The van der Waals surface area contributed by atoms with Crippen molar-refractivity contribution in [3.63, 3.8) is 0 Å². The molecular weight excluding hydrogens is 381 g/mol. The Labute approximate surface area is 162 Å². The smallest absolute Gasteiger partial charge is 0.256 e. The van der Waals surface area contributed by atoms with Crippen molar-refractivity contribution in [1.82, 2.24) is 29.9 Å². The van der Waals surface area contributed by atoms with Crippen LogP contribution in [0, 0.1) is 11.2 Å². The molecule has 6 rings (SSSR count). The number of hydrogen-bond acceptors (Lipinski definition) is 4. The molecule has 146 valence electrons. The fourth-order valence-corrected chi connectivity index (χ4v) is 4.48. The van der Waals surface area contributed by atoms with Gasteiger partial charge in [-0.2, -0.15) is 10.2 Å². The number of hydrogen-bond donors (Lipinski definition) is 1. The van der Waals surface area contributed by atoms with Crippen LogP contribution in [-0.2, 0) is 13.0 Å². The van der Waals surface area contributed by atoms with Crippen molar-refractivity contribution in [2.45, 2.75) is 31.7 Å². The fraction of sp³-hybridized carbons (Fsp3) is 0.300. The first kappa shape index (κ1) is 16.7. The molecule has 5 heterocycles. The van der Waals surface area contributed by atoms with Gasteiger partial charge in [0.15, 0.2) is 5.65 Å². The van der Waals surface area contributed by atoms with Gasteiger partial charge in [0.05, 0.1) is 30.0 Å². The van der Waals surface area contributed by atoms with Gasteiger partial charge < -0.3 is 0 Å². The zero-order chi connectivity index (χ0) is 19.8. The molecule has 2 aliphatic rings. The van der Waals surface area contributed by atoms with E-state index in [9.17, 15) is 13.2 Å². The van der Waals surface area contributed by atoms with E-state index in [0.29, 0.717) is 29.9 Å². The van der Waals surface area contributed by atoms with Crippen molar-refractivity contribution in [2.75, 3.05) is 0 Å². The number of rotatable bonds is 2. The fourth-order valence-electron chi connectivity index (χ4n) is 4.48. The maximum absolute atomic E-state index is 14.0. The Balaban J connectivity index is 1.59. The van der Waals surface area contributed by atoms with E-state index in [0.717, 1.165) is 28.4 Å². The summed E-state index contributed by atoms with van der Waals surface area (Å²) in [4.78, 5) is 8.47. The van der Waals surface area contributed by atoms with Crippen LogP contribution in [0.4, 0.5) is 13.2 Å². The highest BCUT2D eigenvalue weighted by Gasteiger charge is 2.71. The SMILES string of the molecule is Fc1ccc(-c2nn3c(c2-c2ccnc4[nH]ncc24)CC[C@]2(C3)CC2(F)F)nc1. The average molecular weight is 396 g/mol. The second-order valence-corrected chi connectivity index (χ2v) is 7.84. The molecule has 0 saturated heterocycles. The van der Waals surface area contributed by atoms with Crippen LogP contribution in [0.25, 0.3) is 33.5 Å². The molecule has 1 atom stereocenters.